The lowest BCUT2D eigenvalue weighted by atomic mass is 10.1. The van der Waals surface area contributed by atoms with Crippen molar-refractivity contribution in [2.75, 3.05) is 11.9 Å². The Morgan fingerprint density at radius 3 is 2.94 bits per heavy atom. The van der Waals surface area contributed by atoms with Crippen LogP contribution in [0.25, 0.3) is 0 Å². The lowest BCUT2D eigenvalue weighted by Crippen LogP contribution is -2.18. The van der Waals surface area contributed by atoms with Crippen LogP contribution in [-0.4, -0.2) is 12.0 Å². The third-order valence-electron chi connectivity index (χ3n) is 2.69. The summed E-state index contributed by atoms with van der Waals surface area (Å²) >= 11 is 1.72. The van der Waals surface area contributed by atoms with Gasteiger partial charge in [0, 0.05) is 25.8 Å². The van der Waals surface area contributed by atoms with Crippen LogP contribution in [0, 0.1) is 0 Å². The summed E-state index contributed by atoms with van der Waals surface area (Å²) in [6, 6.07) is 6.20. The zero-order chi connectivity index (χ0) is 12.3. The van der Waals surface area contributed by atoms with Crippen LogP contribution >= 0.6 is 11.3 Å². The van der Waals surface area contributed by atoms with E-state index < -0.39 is 0 Å². The van der Waals surface area contributed by atoms with Crippen LogP contribution in [0.1, 0.15) is 24.1 Å². The number of hydrogen-bond acceptors (Lipinski definition) is 4. The first-order chi connectivity index (χ1) is 8.16. The summed E-state index contributed by atoms with van der Waals surface area (Å²) in [4.78, 5) is 6.51. The van der Waals surface area contributed by atoms with Crippen molar-refractivity contribution in [2.24, 2.45) is 5.73 Å². The molecule has 0 aromatic carbocycles. The van der Waals surface area contributed by atoms with E-state index >= 15 is 0 Å². The molecule has 2 heterocycles. The predicted molar refractivity (Wildman–Crippen MR) is 73.3 cm³/mol. The van der Waals surface area contributed by atoms with Gasteiger partial charge in [0.1, 0.15) is 5.82 Å². The zero-order valence-electron chi connectivity index (χ0n) is 10.1. The molecular formula is C13H17N3S. The summed E-state index contributed by atoms with van der Waals surface area (Å²) in [6.07, 6.45) is 1.82. The SMILES string of the molecule is CC(N)c1ccnc(N(C)Cc2ccsc2)c1. The van der Waals surface area contributed by atoms with Crippen molar-refractivity contribution in [3.05, 3.63) is 46.3 Å². The Bertz CT molecular complexity index is 465. The highest BCUT2D eigenvalue weighted by Crippen LogP contribution is 2.18. The lowest BCUT2D eigenvalue weighted by Gasteiger charge is -2.18. The van der Waals surface area contributed by atoms with Gasteiger partial charge < -0.3 is 10.6 Å². The molecule has 2 aromatic heterocycles. The van der Waals surface area contributed by atoms with Gasteiger partial charge in [-0.1, -0.05) is 0 Å². The minimum atomic E-state index is 0.0475. The standard InChI is InChI=1S/C13H17N3S/c1-10(14)12-3-5-15-13(7-12)16(2)8-11-4-6-17-9-11/h3-7,9-10H,8,14H2,1-2H3. The van der Waals surface area contributed by atoms with E-state index in [1.54, 1.807) is 11.3 Å². The number of pyridine rings is 1. The molecule has 0 bridgehead atoms. The van der Waals surface area contributed by atoms with Gasteiger partial charge in [-0.05, 0) is 47.0 Å². The second kappa shape index (κ2) is 5.29. The number of nitrogens with zero attached hydrogens (tertiary/aromatic N) is 2. The largest absolute Gasteiger partial charge is 0.355 e. The van der Waals surface area contributed by atoms with E-state index in [2.05, 4.69) is 32.8 Å². The van der Waals surface area contributed by atoms with Gasteiger partial charge in [-0.25, -0.2) is 4.98 Å². The van der Waals surface area contributed by atoms with Crippen LogP contribution in [0.2, 0.25) is 0 Å². The summed E-state index contributed by atoms with van der Waals surface area (Å²) < 4.78 is 0. The Kier molecular flexibility index (Phi) is 3.76. The average Bonchev–Trinajstić information content (AvgIpc) is 2.82. The summed E-state index contributed by atoms with van der Waals surface area (Å²) in [7, 11) is 2.05. The summed E-state index contributed by atoms with van der Waals surface area (Å²) in [6.45, 7) is 2.86. The van der Waals surface area contributed by atoms with Crippen molar-refractivity contribution >= 4 is 17.2 Å². The molecule has 90 valence electrons. The van der Waals surface area contributed by atoms with Crippen LogP contribution in [-0.2, 0) is 6.54 Å². The van der Waals surface area contributed by atoms with Gasteiger partial charge in [0.2, 0.25) is 0 Å². The molecule has 17 heavy (non-hydrogen) atoms. The Morgan fingerprint density at radius 1 is 1.47 bits per heavy atom. The molecule has 0 aliphatic rings. The molecule has 1 atom stereocenters. The van der Waals surface area contributed by atoms with Gasteiger partial charge >= 0.3 is 0 Å². The third kappa shape index (κ3) is 3.05. The molecule has 0 radical (unpaired) electrons. The number of rotatable bonds is 4. The fourth-order valence-electron chi connectivity index (χ4n) is 1.66. The first-order valence-corrected chi connectivity index (χ1v) is 6.55. The molecule has 0 aliphatic heterocycles. The highest BCUT2D eigenvalue weighted by atomic mass is 32.1. The molecular weight excluding hydrogens is 230 g/mol. The molecule has 0 saturated heterocycles. The highest BCUT2D eigenvalue weighted by Gasteiger charge is 2.06. The highest BCUT2D eigenvalue weighted by molar-refractivity contribution is 7.07. The normalized spacial score (nSPS) is 12.4. The molecule has 4 heteroatoms. The third-order valence-corrected chi connectivity index (χ3v) is 3.42. The van der Waals surface area contributed by atoms with Gasteiger partial charge in [0.15, 0.2) is 0 Å². The molecule has 0 spiro atoms. The van der Waals surface area contributed by atoms with Crippen molar-refractivity contribution in [3.8, 4) is 0 Å². The van der Waals surface area contributed by atoms with E-state index in [9.17, 15) is 0 Å². The average molecular weight is 247 g/mol. The first kappa shape index (κ1) is 12.1. The van der Waals surface area contributed by atoms with E-state index in [0.29, 0.717) is 0 Å². The molecule has 1 unspecified atom stereocenters. The molecule has 0 saturated carbocycles. The number of hydrogen-bond donors (Lipinski definition) is 1. The van der Waals surface area contributed by atoms with Crippen LogP contribution in [0.3, 0.4) is 0 Å². The van der Waals surface area contributed by atoms with E-state index in [-0.39, 0.29) is 6.04 Å². The van der Waals surface area contributed by atoms with Gasteiger partial charge in [0.05, 0.1) is 0 Å². The van der Waals surface area contributed by atoms with E-state index in [0.717, 1.165) is 17.9 Å². The second-order valence-electron chi connectivity index (χ2n) is 4.22. The topological polar surface area (TPSA) is 42.1 Å². The molecule has 3 nitrogen and oxygen atoms in total. The van der Waals surface area contributed by atoms with Crippen LogP contribution < -0.4 is 10.6 Å². The predicted octanol–water partition coefficient (Wildman–Crippen LogP) is 2.80. The summed E-state index contributed by atoms with van der Waals surface area (Å²) in [5.74, 6) is 0.964. The molecule has 2 rings (SSSR count). The Labute approximate surface area is 106 Å². The molecule has 2 aromatic rings. The van der Waals surface area contributed by atoms with Crippen LogP contribution in [0.4, 0.5) is 5.82 Å². The molecule has 0 aliphatic carbocycles. The lowest BCUT2D eigenvalue weighted by molar-refractivity contribution is 0.809. The maximum atomic E-state index is 5.87. The van der Waals surface area contributed by atoms with E-state index in [1.807, 2.05) is 26.2 Å². The smallest absolute Gasteiger partial charge is 0.128 e. The fraction of sp³-hybridized carbons (Fsp3) is 0.308. The first-order valence-electron chi connectivity index (χ1n) is 5.60. The van der Waals surface area contributed by atoms with Crippen LogP contribution in [0.5, 0.6) is 0 Å². The molecule has 0 fully saturated rings. The number of nitrogens with two attached hydrogens (primary N) is 1. The summed E-state index contributed by atoms with van der Waals surface area (Å²) in [5.41, 5.74) is 8.30. The minimum Gasteiger partial charge on any atom is -0.355 e. The number of thiophene rings is 1. The van der Waals surface area contributed by atoms with Crippen molar-refractivity contribution in [1.29, 1.82) is 0 Å². The Morgan fingerprint density at radius 2 is 2.29 bits per heavy atom. The quantitative estimate of drug-likeness (QED) is 0.903. The van der Waals surface area contributed by atoms with Gasteiger partial charge in [0.25, 0.3) is 0 Å². The Balaban J connectivity index is 2.13. The van der Waals surface area contributed by atoms with Crippen LogP contribution in [0.15, 0.2) is 35.2 Å². The maximum Gasteiger partial charge on any atom is 0.128 e. The number of anilines is 1. The van der Waals surface area contributed by atoms with Crippen molar-refractivity contribution in [2.45, 2.75) is 19.5 Å². The molecule has 0 amide bonds. The van der Waals surface area contributed by atoms with Gasteiger partial charge in [-0.15, -0.1) is 0 Å². The van der Waals surface area contributed by atoms with E-state index in [4.69, 9.17) is 5.73 Å². The number of aromatic nitrogens is 1. The molecule has 2 N–H and O–H groups in total. The second-order valence-corrected chi connectivity index (χ2v) is 5.00. The minimum absolute atomic E-state index is 0.0475. The van der Waals surface area contributed by atoms with Crippen molar-refractivity contribution < 1.29 is 0 Å². The monoisotopic (exact) mass is 247 g/mol. The van der Waals surface area contributed by atoms with Crippen molar-refractivity contribution in [3.63, 3.8) is 0 Å². The Hall–Kier alpha value is -1.39. The zero-order valence-corrected chi connectivity index (χ0v) is 10.9. The van der Waals surface area contributed by atoms with Gasteiger partial charge in [-0.2, -0.15) is 11.3 Å². The van der Waals surface area contributed by atoms with E-state index in [1.165, 1.54) is 5.56 Å². The summed E-state index contributed by atoms with van der Waals surface area (Å²) in [5, 5.41) is 4.25. The van der Waals surface area contributed by atoms with Gasteiger partial charge in [-0.3, -0.25) is 0 Å². The fourth-order valence-corrected chi connectivity index (χ4v) is 2.32. The van der Waals surface area contributed by atoms with Crippen molar-refractivity contribution in [1.82, 2.24) is 4.98 Å². The maximum absolute atomic E-state index is 5.87.